The minimum absolute atomic E-state index is 0.00203. The van der Waals surface area contributed by atoms with Crippen LogP contribution in [0.15, 0.2) is 135 Å². The molecule has 0 unspecified atom stereocenters. The van der Waals surface area contributed by atoms with Crippen molar-refractivity contribution in [2.75, 3.05) is 124 Å². The second-order valence-corrected chi connectivity index (χ2v) is 30.1. The molecule has 13 aromatic rings. The van der Waals surface area contributed by atoms with Crippen molar-refractivity contribution in [2.45, 2.75) is 105 Å². The van der Waals surface area contributed by atoms with Crippen LogP contribution in [0.4, 0.5) is 89.6 Å². The van der Waals surface area contributed by atoms with Crippen molar-refractivity contribution in [2.24, 2.45) is 0 Å². The molecule has 40 nitrogen and oxygen atoms in total. The number of carbonyl (C=O) groups is 4. The summed E-state index contributed by atoms with van der Waals surface area (Å²) in [6.45, 7) is 22.5. The summed E-state index contributed by atoms with van der Waals surface area (Å²) in [6.07, 6.45) is -9.46. The Bertz CT molecular complexity index is 6950. The number of piperazine rings is 4. The molecule has 17 rings (SSSR count). The van der Waals surface area contributed by atoms with Crippen LogP contribution in [0.1, 0.15) is 50.2 Å². The molecule has 4 aliphatic heterocycles. The molecule has 0 saturated carbocycles. The van der Waals surface area contributed by atoms with Crippen LogP contribution < -0.4 is 63.1 Å². The summed E-state index contributed by atoms with van der Waals surface area (Å²) in [5, 5.41) is 60.9. The van der Waals surface area contributed by atoms with Gasteiger partial charge in [0.05, 0.1) is 88.5 Å². The third-order valence-corrected chi connectivity index (χ3v) is 20.6. The third-order valence-electron chi connectivity index (χ3n) is 20.6. The lowest BCUT2D eigenvalue weighted by atomic mass is 10.1. The van der Waals surface area contributed by atoms with E-state index in [1.54, 1.807) is 89.0 Å². The molecular weight excluding hydrogens is 1930 g/mol. The Balaban J connectivity index is 0.000000179. The Morgan fingerprint density at radius 1 is 0.364 bits per heavy atom. The predicted octanol–water partition coefficient (Wildman–Crippen LogP) is 5.98. The van der Waals surface area contributed by atoms with E-state index in [4.69, 9.17) is 44.6 Å². The largest absolute Gasteiger partial charge is 0.490 e. The first-order valence-electron chi connectivity index (χ1n) is 42.7. The number of alkyl halides is 12. The average Bonchev–Trinajstić information content (AvgIpc) is 1.64. The van der Waals surface area contributed by atoms with Gasteiger partial charge in [-0.25, -0.2) is 72.8 Å². The van der Waals surface area contributed by atoms with Gasteiger partial charge in [0.1, 0.15) is 44.1 Å². The summed E-state index contributed by atoms with van der Waals surface area (Å²) in [7, 11) is 0. The quantitative estimate of drug-likeness (QED) is 0.0313. The number of hydrogen-bond acceptors (Lipinski definition) is 28. The predicted molar refractivity (Wildman–Crippen MR) is 487 cm³/mol. The van der Waals surface area contributed by atoms with E-state index < -0.39 is 66.4 Å². The topological polar surface area (TPSA) is 473 Å². The van der Waals surface area contributed by atoms with Gasteiger partial charge in [-0.3, -0.25) is 42.4 Å². The average molecular weight is 2010 g/mol. The normalized spacial score (nSPS) is 13.6. The van der Waals surface area contributed by atoms with Crippen LogP contribution in [0.2, 0.25) is 0 Å². The molecule has 0 bridgehead atoms. The molecule has 8 N–H and O–H groups in total. The van der Waals surface area contributed by atoms with Crippen molar-refractivity contribution in [1.29, 1.82) is 0 Å². The van der Waals surface area contributed by atoms with Gasteiger partial charge in [0.15, 0.2) is 0 Å². The smallest absolute Gasteiger partial charge is 0.475 e. The first kappa shape index (κ1) is 109. The van der Waals surface area contributed by atoms with Crippen molar-refractivity contribution >= 4 is 103 Å². The van der Waals surface area contributed by atoms with E-state index >= 15 is 0 Å². The molecule has 1 aromatic carbocycles. The fourth-order valence-electron chi connectivity index (χ4n) is 14.0. The van der Waals surface area contributed by atoms with E-state index in [9.17, 15) is 85.0 Å². The van der Waals surface area contributed by atoms with E-state index in [0.717, 1.165) is 139 Å². The molecule has 4 fully saturated rings. The summed E-state index contributed by atoms with van der Waals surface area (Å²) < 4.78 is 180. The van der Waals surface area contributed by atoms with Crippen LogP contribution in [0.25, 0.3) is 54.9 Å². The van der Waals surface area contributed by atoms with Gasteiger partial charge in [0.25, 0.3) is 22.2 Å². The van der Waals surface area contributed by atoms with Gasteiger partial charge in [-0.15, -0.1) is 23.7 Å². The number of aromatic nitrogens is 20. The molecule has 16 heterocycles. The highest BCUT2D eigenvalue weighted by Crippen LogP contribution is 2.28. The van der Waals surface area contributed by atoms with Crippen molar-refractivity contribution in [3.8, 4) is 47.4 Å². The molecule has 0 amide bonds. The highest BCUT2D eigenvalue weighted by atomic mass is 19.4. The van der Waals surface area contributed by atoms with Gasteiger partial charge < -0.3 is 61.3 Å². The number of carboxylic acid groups (broad SMARTS) is 4. The number of aliphatic carboxylic acids is 4. The number of nitrogens with zero attached hydrogens (tertiary/aromatic N) is 24. The van der Waals surface area contributed by atoms with Crippen LogP contribution in [0.5, 0.6) is 0 Å². The number of benzene rings is 1. The summed E-state index contributed by atoms with van der Waals surface area (Å²) in [5.41, 5.74) is 5.12. The Kier molecular flexibility index (Phi) is 37.9. The van der Waals surface area contributed by atoms with Crippen molar-refractivity contribution in [3.05, 3.63) is 198 Å². The minimum atomic E-state index is -5.08. The van der Waals surface area contributed by atoms with Crippen molar-refractivity contribution in [3.63, 3.8) is 0 Å². The van der Waals surface area contributed by atoms with Gasteiger partial charge in [-0.2, -0.15) is 86.3 Å². The summed E-state index contributed by atoms with van der Waals surface area (Å²) >= 11 is 0. The Morgan fingerprint density at radius 3 is 1.02 bits per heavy atom. The Hall–Kier alpha value is -16.4. The van der Waals surface area contributed by atoms with E-state index in [0.29, 0.717) is 99.6 Å². The second-order valence-electron chi connectivity index (χ2n) is 30.1. The molecule has 55 heteroatoms. The molecule has 0 spiro atoms. The lowest BCUT2D eigenvalue weighted by molar-refractivity contribution is -0.193. The number of pyridine rings is 4. The SMILES string of the molecule is CC#CCn1c(N2CCNCC2)nc2cnn(Cc3cccc(F)n3)c(=O)c21.CC#CCn1c(N2CCNCC2)nc2cnn(Cc3cccnc3F)c(=O)c21.CC#CCn1c(N2CCNCC2)nc2cnn(Cc3ccnc(F)c3)c(=O)c21.CC#CCn1c(N2CCNCC2)nc2cnn(Cc3nccc4ccccc34)c(=O)c21.O=C(O)C(F)(F)F.O=C(O)C(F)(F)F.O=C(O)C(F)(F)F.O=C(O)C(F)(F)F. The Labute approximate surface area is 797 Å². The van der Waals surface area contributed by atoms with Crippen LogP contribution in [-0.2, 0) is 71.5 Å². The van der Waals surface area contributed by atoms with Crippen LogP contribution >= 0.6 is 0 Å². The van der Waals surface area contributed by atoms with Crippen LogP contribution in [0.3, 0.4) is 0 Å². The minimum Gasteiger partial charge on any atom is -0.475 e. The fraction of sp³-hybridized carbons (Fsp3) is 0.364. The first-order valence-corrected chi connectivity index (χ1v) is 42.7. The zero-order valence-corrected chi connectivity index (χ0v) is 75.9. The molecule has 0 atom stereocenters. The molecule has 12 aromatic heterocycles. The maximum Gasteiger partial charge on any atom is 0.490 e. The highest BCUT2D eigenvalue weighted by molar-refractivity contribution is 5.85. The van der Waals surface area contributed by atoms with E-state index in [2.05, 4.69) is 144 Å². The molecule has 143 heavy (non-hydrogen) atoms. The van der Waals surface area contributed by atoms with Gasteiger partial charge in [0.2, 0.25) is 41.6 Å². The molecule has 0 aliphatic carbocycles. The third kappa shape index (κ3) is 29.4. The highest BCUT2D eigenvalue weighted by Gasteiger charge is 2.41. The number of anilines is 4. The standard InChI is InChI=1S/C23H23N7O.3C19H20FN7O.4C2HF3O2/c1-2-3-12-29-21-19(27-23(29)28-13-10-24-11-14-28)15-26-30(22(21)31)16-20-18-7-5-4-6-17(18)8-9-25-20;1-2-3-8-26-17-15(24-19(26)25-9-6-21-7-10-25)12-23-27(18(17)28)13-14-4-5-22-16(20)11-14;1-2-3-9-26-16-15(24-19(26)25-10-7-21-8-11-25)12-23-27(18(16)28)13-14-5-4-6-22-17(14)20;1-2-3-9-26-17-15(24-19(26)25-10-7-21-8-11-25)12-22-27(18(17)28)13-14-5-4-6-16(20)23-14;4*3-2(4,5)1(6)7/h4-9,15,24H,10-14,16H2,1H3;4-5,11-12,21H,6-10,13H2,1H3;2*4-6,12,21H,7-11,13H2,1H3;4*(H,6,7). The molecule has 756 valence electrons. The molecule has 4 saturated heterocycles. The van der Waals surface area contributed by atoms with E-state index in [1.807, 2.05) is 48.6 Å². The van der Waals surface area contributed by atoms with Crippen molar-refractivity contribution < 1.29 is 105 Å². The number of hydrogen-bond donors (Lipinski definition) is 8. The summed E-state index contributed by atoms with van der Waals surface area (Å²) in [4.78, 5) is 131. The summed E-state index contributed by atoms with van der Waals surface area (Å²) in [6, 6.07) is 20.7. The van der Waals surface area contributed by atoms with Gasteiger partial charge in [0, 0.05) is 134 Å². The monoisotopic (exact) mass is 2010 g/mol. The van der Waals surface area contributed by atoms with Crippen LogP contribution in [0, 0.1) is 65.2 Å². The summed E-state index contributed by atoms with van der Waals surface area (Å²) in [5.74, 6) is 13.9. The number of rotatable bonds is 16. The zero-order valence-electron chi connectivity index (χ0n) is 75.9. The maximum absolute atomic E-state index is 13.9. The molecule has 4 aliphatic rings. The lowest BCUT2D eigenvalue weighted by Crippen LogP contribution is -2.44. The molecule has 0 radical (unpaired) electrons. The maximum atomic E-state index is 13.9. The Morgan fingerprint density at radius 2 is 0.692 bits per heavy atom. The molecular formula is C88H87F15N28O12. The fourth-order valence-corrected chi connectivity index (χ4v) is 14.0. The second kappa shape index (κ2) is 49.9. The van der Waals surface area contributed by atoms with E-state index in [1.165, 1.54) is 43.3 Å². The van der Waals surface area contributed by atoms with E-state index in [-0.39, 0.29) is 41.9 Å². The number of halogens is 15. The number of nitrogens with one attached hydrogen (secondary N) is 4. The van der Waals surface area contributed by atoms with Crippen molar-refractivity contribution in [1.82, 2.24) is 119 Å². The lowest BCUT2D eigenvalue weighted by Gasteiger charge is -2.28. The zero-order chi connectivity index (χ0) is 104. The van der Waals surface area contributed by atoms with Gasteiger partial charge in [-0.1, -0.05) is 60.1 Å². The van der Waals surface area contributed by atoms with Gasteiger partial charge in [-0.05, 0) is 75.0 Å². The van der Waals surface area contributed by atoms with Crippen LogP contribution in [-0.4, -0.2) is 271 Å². The first-order chi connectivity index (χ1) is 68.1. The van der Waals surface area contributed by atoms with Gasteiger partial charge >= 0.3 is 48.6 Å². The number of carboxylic acids is 4. The number of imidazole rings is 4. The number of fused-ring (bicyclic) bond motifs is 5.